The van der Waals surface area contributed by atoms with E-state index in [1.807, 2.05) is 48.7 Å². The van der Waals surface area contributed by atoms with Gasteiger partial charge >= 0.3 is 0 Å². The van der Waals surface area contributed by atoms with Gasteiger partial charge in [0.15, 0.2) is 0 Å². The van der Waals surface area contributed by atoms with Crippen molar-refractivity contribution in [1.82, 2.24) is 14.8 Å². The van der Waals surface area contributed by atoms with Crippen LogP contribution in [0.4, 0.5) is 5.69 Å². The van der Waals surface area contributed by atoms with E-state index in [-0.39, 0.29) is 5.91 Å². The molecule has 0 bridgehead atoms. The minimum atomic E-state index is -0.0494. The average molecular weight is 341 g/mol. The van der Waals surface area contributed by atoms with E-state index >= 15 is 0 Å². The Hall–Kier alpha value is -2.66. The number of nitrogens with zero attached hydrogens (tertiary/aromatic N) is 3. The van der Waals surface area contributed by atoms with E-state index in [0.29, 0.717) is 30.1 Å². The molecule has 2 heterocycles. The van der Waals surface area contributed by atoms with Gasteiger partial charge in [-0.1, -0.05) is 29.8 Å². The number of hydrogen-bond donors (Lipinski definition) is 1. The molecule has 0 aliphatic carbocycles. The summed E-state index contributed by atoms with van der Waals surface area (Å²) in [4.78, 5) is 16.2. The van der Waals surface area contributed by atoms with Gasteiger partial charge in [0.2, 0.25) is 5.91 Å². The third kappa shape index (κ3) is 4.67. The van der Waals surface area contributed by atoms with Crippen LogP contribution in [0.25, 0.3) is 0 Å². The van der Waals surface area contributed by atoms with E-state index in [1.54, 1.807) is 17.1 Å². The summed E-state index contributed by atoms with van der Waals surface area (Å²) in [5.74, 6) is -0.0494. The van der Waals surface area contributed by atoms with Crippen LogP contribution in [0.2, 0.25) is 5.02 Å². The lowest BCUT2D eigenvalue weighted by Gasteiger charge is -2.03. The van der Waals surface area contributed by atoms with Crippen LogP contribution in [0.15, 0.2) is 61.1 Å². The molecule has 1 amide bonds. The van der Waals surface area contributed by atoms with E-state index in [0.717, 1.165) is 11.3 Å². The summed E-state index contributed by atoms with van der Waals surface area (Å²) < 4.78 is 1.78. The molecule has 3 aromatic rings. The van der Waals surface area contributed by atoms with Gasteiger partial charge in [-0.2, -0.15) is 5.10 Å². The van der Waals surface area contributed by atoms with Gasteiger partial charge in [-0.05, 0) is 36.2 Å². The van der Waals surface area contributed by atoms with Gasteiger partial charge in [-0.3, -0.25) is 14.5 Å². The second kappa shape index (κ2) is 7.75. The molecule has 0 radical (unpaired) electrons. The number of halogens is 1. The van der Waals surface area contributed by atoms with Crippen LogP contribution in [-0.2, 0) is 17.8 Å². The van der Waals surface area contributed by atoms with Crippen molar-refractivity contribution in [2.75, 3.05) is 5.32 Å². The summed E-state index contributed by atoms with van der Waals surface area (Å²) in [6, 6.07) is 13.3. The zero-order chi connectivity index (χ0) is 16.8. The van der Waals surface area contributed by atoms with Crippen molar-refractivity contribution in [3.8, 4) is 0 Å². The highest BCUT2D eigenvalue weighted by atomic mass is 35.5. The first-order chi connectivity index (χ1) is 11.7. The Morgan fingerprint density at radius 2 is 2.00 bits per heavy atom. The summed E-state index contributed by atoms with van der Waals surface area (Å²) in [5, 5.41) is 7.83. The predicted molar refractivity (Wildman–Crippen MR) is 94.0 cm³/mol. The summed E-state index contributed by atoms with van der Waals surface area (Å²) in [5.41, 5.74) is 2.69. The van der Waals surface area contributed by atoms with Crippen molar-refractivity contribution < 1.29 is 4.79 Å². The first-order valence-corrected chi connectivity index (χ1v) is 8.03. The Kier molecular flexibility index (Phi) is 5.23. The van der Waals surface area contributed by atoms with Gasteiger partial charge in [-0.25, -0.2) is 0 Å². The fraction of sp³-hybridized carbons (Fsp3) is 0.167. The molecule has 0 aliphatic rings. The molecule has 0 saturated heterocycles. The fourth-order valence-electron chi connectivity index (χ4n) is 2.30. The zero-order valence-electron chi connectivity index (χ0n) is 13.0. The molecular weight excluding hydrogens is 324 g/mol. The lowest BCUT2D eigenvalue weighted by Crippen LogP contribution is -2.12. The summed E-state index contributed by atoms with van der Waals surface area (Å²) in [6.45, 7) is 0.626. The van der Waals surface area contributed by atoms with E-state index in [9.17, 15) is 4.79 Å². The highest BCUT2D eigenvalue weighted by molar-refractivity contribution is 6.30. The molecule has 3 rings (SSSR count). The number of aryl methyl sites for hydroxylation is 1. The monoisotopic (exact) mass is 340 g/mol. The third-order valence-corrected chi connectivity index (χ3v) is 3.76. The molecule has 24 heavy (non-hydrogen) atoms. The SMILES string of the molecule is O=C(CCc1ccccn1)Nc1cnn(Cc2ccc(Cl)cc2)c1. The molecule has 0 saturated carbocycles. The predicted octanol–water partition coefficient (Wildman–Crippen LogP) is 3.55. The largest absolute Gasteiger partial charge is 0.323 e. The zero-order valence-corrected chi connectivity index (χ0v) is 13.8. The lowest BCUT2D eigenvalue weighted by atomic mass is 10.2. The molecule has 122 valence electrons. The number of carbonyl (C=O) groups excluding carboxylic acids is 1. The third-order valence-electron chi connectivity index (χ3n) is 3.51. The van der Waals surface area contributed by atoms with Crippen molar-refractivity contribution in [2.45, 2.75) is 19.4 Å². The number of carbonyl (C=O) groups is 1. The summed E-state index contributed by atoms with van der Waals surface area (Å²) >= 11 is 5.88. The topological polar surface area (TPSA) is 59.8 Å². The van der Waals surface area contributed by atoms with Gasteiger partial charge < -0.3 is 5.32 Å². The molecule has 1 N–H and O–H groups in total. The summed E-state index contributed by atoms with van der Waals surface area (Å²) in [6.07, 6.45) is 6.20. The highest BCUT2D eigenvalue weighted by Gasteiger charge is 2.06. The number of pyridine rings is 1. The minimum Gasteiger partial charge on any atom is -0.323 e. The smallest absolute Gasteiger partial charge is 0.224 e. The van der Waals surface area contributed by atoms with E-state index < -0.39 is 0 Å². The van der Waals surface area contributed by atoms with Crippen LogP contribution in [0.5, 0.6) is 0 Å². The molecule has 0 fully saturated rings. The maximum atomic E-state index is 12.0. The van der Waals surface area contributed by atoms with Gasteiger partial charge in [0.25, 0.3) is 0 Å². The van der Waals surface area contributed by atoms with Crippen molar-refractivity contribution in [3.05, 3.63) is 77.3 Å². The fourth-order valence-corrected chi connectivity index (χ4v) is 2.43. The summed E-state index contributed by atoms with van der Waals surface area (Å²) in [7, 11) is 0. The second-order valence-electron chi connectivity index (χ2n) is 5.42. The van der Waals surface area contributed by atoms with Crippen molar-refractivity contribution in [2.24, 2.45) is 0 Å². The standard InChI is InChI=1S/C18H17ClN4O/c19-15-6-4-14(5-7-15)12-23-13-17(11-21-23)22-18(24)9-8-16-3-1-2-10-20-16/h1-7,10-11,13H,8-9,12H2,(H,22,24). The number of aromatic nitrogens is 3. The van der Waals surface area contributed by atoms with Crippen LogP contribution in [-0.4, -0.2) is 20.7 Å². The van der Waals surface area contributed by atoms with Crippen molar-refractivity contribution in [3.63, 3.8) is 0 Å². The van der Waals surface area contributed by atoms with Crippen LogP contribution < -0.4 is 5.32 Å². The molecule has 0 spiro atoms. The van der Waals surface area contributed by atoms with Gasteiger partial charge in [0, 0.05) is 29.5 Å². The minimum absolute atomic E-state index is 0.0494. The Morgan fingerprint density at radius 3 is 2.75 bits per heavy atom. The second-order valence-corrected chi connectivity index (χ2v) is 5.86. The molecule has 0 atom stereocenters. The van der Waals surface area contributed by atoms with Crippen LogP contribution in [0.3, 0.4) is 0 Å². The molecule has 1 aromatic carbocycles. The molecular formula is C18H17ClN4O. The Labute approximate surface area is 145 Å². The number of nitrogens with one attached hydrogen (secondary N) is 1. The maximum Gasteiger partial charge on any atom is 0.224 e. The molecule has 6 heteroatoms. The van der Waals surface area contributed by atoms with Gasteiger partial charge in [0.1, 0.15) is 0 Å². The van der Waals surface area contributed by atoms with Gasteiger partial charge in [0.05, 0.1) is 18.4 Å². The normalized spacial score (nSPS) is 10.5. The van der Waals surface area contributed by atoms with Crippen molar-refractivity contribution >= 4 is 23.2 Å². The van der Waals surface area contributed by atoms with Crippen molar-refractivity contribution in [1.29, 1.82) is 0 Å². The molecule has 0 unspecified atom stereocenters. The number of amides is 1. The maximum absolute atomic E-state index is 12.0. The number of anilines is 1. The Balaban J connectivity index is 1.51. The quantitative estimate of drug-likeness (QED) is 0.746. The van der Waals surface area contributed by atoms with Crippen LogP contribution in [0.1, 0.15) is 17.7 Å². The number of hydrogen-bond acceptors (Lipinski definition) is 3. The van der Waals surface area contributed by atoms with Gasteiger partial charge in [-0.15, -0.1) is 0 Å². The molecule has 0 aliphatic heterocycles. The van der Waals surface area contributed by atoms with Crippen LogP contribution in [0, 0.1) is 0 Å². The Bertz CT molecular complexity index is 799. The average Bonchev–Trinajstić information content (AvgIpc) is 3.03. The highest BCUT2D eigenvalue weighted by Crippen LogP contribution is 2.12. The van der Waals surface area contributed by atoms with E-state index in [2.05, 4.69) is 15.4 Å². The molecule has 5 nitrogen and oxygen atoms in total. The number of rotatable bonds is 6. The Morgan fingerprint density at radius 1 is 1.17 bits per heavy atom. The van der Waals surface area contributed by atoms with E-state index in [1.165, 1.54) is 0 Å². The van der Waals surface area contributed by atoms with E-state index in [4.69, 9.17) is 11.6 Å². The number of benzene rings is 1. The molecule has 2 aromatic heterocycles. The van der Waals surface area contributed by atoms with Crippen LogP contribution >= 0.6 is 11.6 Å². The first kappa shape index (κ1) is 16.2. The lowest BCUT2D eigenvalue weighted by molar-refractivity contribution is -0.116. The first-order valence-electron chi connectivity index (χ1n) is 7.66.